The molecule has 0 saturated heterocycles. The van der Waals surface area contributed by atoms with Crippen molar-refractivity contribution in [2.24, 2.45) is 5.10 Å². The second-order valence-electron chi connectivity index (χ2n) is 5.03. The first-order chi connectivity index (χ1) is 11.0. The molecule has 7 heteroatoms. The summed E-state index contributed by atoms with van der Waals surface area (Å²) in [7, 11) is 0. The van der Waals surface area contributed by atoms with Crippen LogP contribution in [0.15, 0.2) is 52.0 Å². The van der Waals surface area contributed by atoms with Crippen molar-refractivity contribution in [3.05, 3.63) is 62.6 Å². The molecule has 0 aliphatic heterocycles. The molecular weight excluding hydrogens is 362 g/mol. The van der Waals surface area contributed by atoms with Crippen LogP contribution in [0.2, 0.25) is 0 Å². The Morgan fingerprint density at radius 2 is 1.96 bits per heavy atom. The first-order valence-electron chi connectivity index (χ1n) is 6.95. The zero-order valence-corrected chi connectivity index (χ0v) is 14.3. The molecule has 2 aromatic rings. The number of nitrogens with zero attached hydrogens (tertiary/aromatic N) is 2. The molecule has 0 spiro atoms. The van der Waals surface area contributed by atoms with Crippen LogP contribution in [0.1, 0.15) is 19.4 Å². The van der Waals surface area contributed by atoms with Crippen molar-refractivity contribution in [3.8, 4) is 5.75 Å². The Morgan fingerprint density at radius 1 is 1.26 bits per heavy atom. The van der Waals surface area contributed by atoms with Gasteiger partial charge in [-0.2, -0.15) is 5.10 Å². The van der Waals surface area contributed by atoms with E-state index in [1.165, 1.54) is 12.1 Å². The molecular formula is C16H16BrN3O3. The molecule has 120 valence electrons. The summed E-state index contributed by atoms with van der Waals surface area (Å²) >= 11 is 3.46. The SMILES string of the molecule is CC(C)Oc1ccc(/C=N/Nc2ccc([N+](=O)[O-])cc2)cc1Br. The Morgan fingerprint density at radius 3 is 2.52 bits per heavy atom. The van der Waals surface area contributed by atoms with Gasteiger partial charge < -0.3 is 4.74 Å². The minimum Gasteiger partial charge on any atom is -0.490 e. The van der Waals surface area contributed by atoms with Crippen LogP contribution < -0.4 is 10.2 Å². The van der Waals surface area contributed by atoms with Crippen molar-refractivity contribution < 1.29 is 9.66 Å². The van der Waals surface area contributed by atoms with Crippen molar-refractivity contribution >= 4 is 33.5 Å². The summed E-state index contributed by atoms with van der Waals surface area (Å²) in [5, 5.41) is 14.7. The first-order valence-corrected chi connectivity index (χ1v) is 7.75. The third-order valence-electron chi connectivity index (χ3n) is 2.80. The summed E-state index contributed by atoms with van der Waals surface area (Å²) in [4.78, 5) is 10.1. The van der Waals surface area contributed by atoms with Crippen molar-refractivity contribution in [2.45, 2.75) is 20.0 Å². The standard InChI is InChI=1S/C16H16BrN3O3/c1-11(2)23-16-8-3-12(9-15(16)17)10-18-19-13-4-6-14(7-5-13)20(21)22/h3-11,19H,1-2H3/b18-10+. The first kappa shape index (κ1) is 17.0. The van der Waals surface area contributed by atoms with Gasteiger partial charge in [-0.1, -0.05) is 0 Å². The number of halogens is 1. The van der Waals surface area contributed by atoms with E-state index >= 15 is 0 Å². The Hall–Kier alpha value is -2.41. The molecule has 0 radical (unpaired) electrons. The molecule has 0 unspecified atom stereocenters. The minimum atomic E-state index is -0.439. The van der Waals surface area contributed by atoms with Gasteiger partial charge in [0, 0.05) is 12.1 Å². The van der Waals surface area contributed by atoms with Gasteiger partial charge in [0.25, 0.3) is 5.69 Å². The van der Waals surface area contributed by atoms with Crippen LogP contribution in [0.25, 0.3) is 0 Å². The van der Waals surface area contributed by atoms with Gasteiger partial charge in [-0.3, -0.25) is 15.5 Å². The van der Waals surface area contributed by atoms with E-state index in [0.29, 0.717) is 5.69 Å². The number of anilines is 1. The Labute approximate surface area is 142 Å². The van der Waals surface area contributed by atoms with E-state index in [-0.39, 0.29) is 11.8 Å². The number of nitro groups is 1. The molecule has 2 aromatic carbocycles. The van der Waals surface area contributed by atoms with Crippen molar-refractivity contribution in [2.75, 3.05) is 5.43 Å². The van der Waals surface area contributed by atoms with Crippen molar-refractivity contribution in [1.82, 2.24) is 0 Å². The summed E-state index contributed by atoms with van der Waals surface area (Å²) < 4.78 is 6.49. The third kappa shape index (κ3) is 5.07. The van der Waals surface area contributed by atoms with E-state index < -0.39 is 4.92 Å². The lowest BCUT2D eigenvalue weighted by Crippen LogP contribution is -2.06. The van der Waals surface area contributed by atoms with Gasteiger partial charge in [-0.25, -0.2) is 0 Å². The predicted octanol–water partition coefficient (Wildman–Crippen LogP) is 4.59. The summed E-state index contributed by atoms with van der Waals surface area (Å²) in [6.45, 7) is 3.94. The fourth-order valence-electron chi connectivity index (χ4n) is 1.79. The molecule has 0 aromatic heterocycles. The number of non-ortho nitro benzene ring substituents is 1. The number of hydrogen-bond acceptors (Lipinski definition) is 5. The maximum absolute atomic E-state index is 10.6. The predicted molar refractivity (Wildman–Crippen MR) is 94.2 cm³/mol. The van der Waals surface area contributed by atoms with Crippen LogP contribution >= 0.6 is 15.9 Å². The Bertz CT molecular complexity index is 715. The smallest absolute Gasteiger partial charge is 0.269 e. The highest BCUT2D eigenvalue weighted by Gasteiger charge is 2.04. The monoisotopic (exact) mass is 377 g/mol. The summed E-state index contributed by atoms with van der Waals surface area (Å²) in [6, 6.07) is 11.7. The normalized spacial score (nSPS) is 11.0. The van der Waals surface area contributed by atoms with Gasteiger partial charge in [0.2, 0.25) is 0 Å². The van der Waals surface area contributed by atoms with Gasteiger partial charge in [-0.15, -0.1) is 0 Å². The molecule has 0 saturated carbocycles. The zero-order valence-electron chi connectivity index (χ0n) is 12.7. The van der Waals surface area contributed by atoms with E-state index in [9.17, 15) is 10.1 Å². The van der Waals surface area contributed by atoms with Gasteiger partial charge in [0.1, 0.15) is 5.75 Å². The van der Waals surface area contributed by atoms with Crippen LogP contribution in [0.4, 0.5) is 11.4 Å². The Balaban J connectivity index is 2.00. The lowest BCUT2D eigenvalue weighted by Gasteiger charge is -2.11. The quantitative estimate of drug-likeness (QED) is 0.453. The van der Waals surface area contributed by atoms with Gasteiger partial charge in [-0.05, 0) is 65.7 Å². The van der Waals surface area contributed by atoms with Crippen LogP contribution in [-0.4, -0.2) is 17.2 Å². The van der Waals surface area contributed by atoms with Gasteiger partial charge >= 0.3 is 0 Å². The van der Waals surface area contributed by atoms with Crippen LogP contribution in [0, 0.1) is 10.1 Å². The number of benzene rings is 2. The largest absolute Gasteiger partial charge is 0.490 e. The molecule has 1 N–H and O–H groups in total. The van der Waals surface area contributed by atoms with E-state index in [0.717, 1.165) is 15.8 Å². The zero-order chi connectivity index (χ0) is 16.8. The van der Waals surface area contributed by atoms with Crippen LogP contribution in [0.3, 0.4) is 0 Å². The highest BCUT2D eigenvalue weighted by Crippen LogP contribution is 2.26. The number of hydrazone groups is 1. The molecule has 0 aliphatic rings. The van der Waals surface area contributed by atoms with E-state index in [2.05, 4.69) is 26.5 Å². The minimum absolute atomic E-state index is 0.0456. The molecule has 0 fully saturated rings. The molecule has 23 heavy (non-hydrogen) atoms. The van der Waals surface area contributed by atoms with Crippen LogP contribution in [0.5, 0.6) is 5.75 Å². The number of nitro benzene ring substituents is 1. The average molecular weight is 378 g/mol. The maximum Gasteiger partial charge on any atom is 0.269 e. The second kappa shape index (κ2) is 7.73. The maximum atomic E-state index is 10.6. The van der Waals surface area contributed by atoms with Gasteiger partial charge in [0.05, 0.1) is 27.4 Å². The fourth-order valence-corrected chi connectivity index (χ4v) is 2.28. The third-order valence-corrected chi connectivity index (χ3v) is 3.42. The van der Waals surface area contributed by atoms with Crippen molar-refractivity contribution in [3.63, 3.8) is 0 Å². The number of ether oxygens (including phenoxy) is 1. The molecule has 0 heterocycles. The number of hydrogen-bond donors (Lipinski definition) is 1. The summed E-state index contributed by atoms with van der Waals surface area (Å²) in [5.74, 6) is 0.778. The van der Waals surface area contributed by atoms with E-state index in [4.69, 9.17) is 4.74 Å². The topological polar surface area (TPSA) is 76.8 Å². The lowest BCUT2D eigenvalue weighted by atomic mass is 10.2. The molecule has 0 atom stereocenters. The van der Waals surface area contributed by atoms with Crippen molar-refractivity contribution in [1.29, 1.82) is 0 Å². The molecule has 0 bridgehead atoms. The molecule has 2 rings (SSSR count). The molecule has 0 amide bonds. The highest BCUT2D eigenvalue weighted by atomic mass is 79.9. The Kier molecular flexibility index (Phi) is 5.70. The fraction of sp³-hybridized carbons (Fsp3) is 0.188. The molecule has 6 nitrogen and oxygen atoms in total. The lowest BCUT2D eigenvalue weighted by molar-refractivity contribution is -0.384. The summed E-state index contributed by atoms with van der Waals surface area (Å²) in [5.41, 5.74) is 4.43. The molecule has 0 aliphatic carbocycles. The van der Waals surface area contributed by atoms with Crippen LogP contribution in [-0.2, 0) is 0 Å². The highest BCUT2D eigenvalue weighted by molar-refractivity contribution is 9.10. The summed E-state index contributed by atoms with van der Waals surface area (Å²) in [6.07, 6.45) is 1.76. The number of nitrogens with one attached hydrogen (secondary N) is 1. The van der Waals surface area contributed by atoms with Gasteiger partial charge in [0.15, 0.2) is 0 Å². The second-order valence-corrected chi connectivity index (χ2v) is 5.88. The van der Waals surface area contributed by atoms with E-state index in [1.54, 1.807) is 18.3 Å². The average Bonchev–Trinajstić information content (AvgIpc) is 2.50. The number of rotatable bonds is 6. The van der Waals surface area contributed by atoms with E-state index in [1.807, 2.05) is 32.0 Å².